The third-order valence-electron chi connectivity index (χ3n) is 4.29. The van der Waals surface area contributed by atoms with Crippen molar-refractivity contribution in [1.82, 2.24) is 10.5 Å². The number of amides is 2. The van der Waals surface area contributed by atoms with Gasteiger partial charge in [-0.1, -0.05) is 5.16 Å². The molecular formula is C18H19N3O5. The highest BCUT2D eigenvalue weighted by Gasteiger charge is 2.24. The van der Waals surface area contributed by atoms with Crippen molar-refractivity contribution in [2.45, 2.75) is 38.6 Å². The molecule has 0 fully saturated rings. The summed E-state index contributed by atoms with van der Waals surface area (Å²) in [6, 6.07) is 5.19. The first-order valence-electron chi connectivity index (χ1n) is 8.38. The van der Waals surface area contributed by atoms with E-state index in [1.54, 1.807) is 12.1 Å². The van der Waals surface area contributed by atoms with Crippen LogP contribution in [0.1, 0.15) is 51.9 Å². The molecule has 1 aliphatic carbocycles. The van der Waals surface area contributed by atoms with Crippen molar-refractivity contribution in [2.75, 3.05) is 5.32 Å². The molecule has 2 aromatic rings. The number of nitrogens with zero attached hydrogens (tertiary/aromatic N) is 1. The lowest BCUT2D eigenvalue weighted by Crippen LogP contribution is -2.38. The van der Waals surface area contributed by atoms with Gasteiger partial charge in [0.05, 0.1) is 0 Å². The summed E-state index contributed by atoms with van der Waals surface area (Å²) in [6.45, 7) is 1.38. The summed E-state index contributed by atoms with van der Waals surface area (Å²) in [7, 11) is 0. The van der Waals surface area contributed by atoms with Crippen molar-refractivity contribution in [3.8, 4) is 0 Å². The zero-order valence-corrected chi connectivity index (χ0v) is 14.2. The summed E-state index contributed by atoms with van der Waals surface area (Å²) in [5, 5.41) is 17.8. The Morgan fingerprint density at radius 1 is 1.12 bits per heavy atom. The normalized spacial score (nSPS) is 14.2. The van der Waals surface area contributed by atoms with Crippen LogP contribution in [0.15, 0.2) is 28.8 Å². The Bertz CT molecular complexity index is 841. The third-order valence-corrected chi connectivity index (χ3v) is 4.29. The minimum Gasteiger partial charge on any atom is -0.480 e. The summed E-state index contributed by atoms with van der Waals surface area (Å²) in [6.07, 6.45) is 3.62. The molecule has 3 rings (SSSR count). The monoisotopic (exact) mass is 357 g/mol. The van der Waals surface area contributed by atoms with E-state index >= 15 is 0 Å². The maximum atomic E-state index is 12.4. The Morgan fingerprint density at radius 2 is 1.81 bits per heavy atom. The molecule has 1 atom stereocenters. The number of fused-ring (bicyclic) bond motifs is 1. The number of aliphatic carboxylic acids is 1. The number of nitrogens with one attached hydrogen (secondary N) is 2. The smallest absolute Gasteiger partial charge is 0.325 e. The van der Waals surface area contributed by atoms with Crippen molar-refractivity contribution >= 4 is 23.5 Å². The predicted octanol–water partition coefficient (Wildman–Crippen LogP) is 2.01. The van der Waals surface area contributed by atoms with Crippen molar-refractivity contribution in [3.63, 3.8) is 0 Å². The standard InChI is InChI=1S/C18H19N3O5/c1-10(18(24)25)19-16(22)11-6-8-12(9-7-11)20-17(23)15-13-4-2-3-5-14(13)26-21-15/h6-10H,2-5H2,1H3,(H,19,22)(H,20,23)(H,24,25). The van der Waals surface area contributed by atoms with Crippen LogP contribution in [0.2, 0.25) is 0 Å². The summed E-state index contributed by atoms with van der Waals surface area (Å²) < 4.78 is 5.24. The number of rotatable bonds is 5. The first-order chi connectivity index (χ1) is 12.5. The number of carbonyl (C=O) groups excluding carboxylic acids is 2. The van der Waals surface area contributed by atoms with Crippen LogP contribution < -0.4 is 10.6 Å². The van der Waals surface area contributed by atoms with E-state index in [4.69, 9.17) is 9.63 Å². The van der Waals surface area contributed by atoms with Gasteiger partial charge in [0.25, 0.3) is 11.8 Å². The lowest BCUT2D eigenvalue weighted by Gasteiger charge is -2.10. The molecule has 136 valence electrons. The van der Waals surface area contributed by atoms with Gasteiger partial charge in [0.15, 0.2) is 5.69 Å². The molecule has 1 aromatic carbocycles. The van der Waals surface area contributed by atoms with E-state index < -0.39 is 17.9 Å². The molecule has 1 aliphatic rings. The molecule has 8 nitrogen and oxygen atoms in total. The second-order valence-corrected chi connectivity index (χ2v) is 6.20. The summed E-state index contributed by atoms with van der Waals surface area (Å²) in [4.78, 5) is 35.1. The summed E-state index contributed by atoms with van der Waals surface area (Å²) >= 11 is 0. The highest BCUT2D eigenvalue weighted by atomic mass is 16.5. The number of carboxylic acids is 1. The van der Waals surface area contributed by atoms with Crippen LogP contribution in [-0.4, -0.2) is 34.1 Å². The molecule has 0 saturated heterocycles. The van der Waals surface area contributed by atoms with Gasteiger partial charge in [-0.2, -0.15) is 0 Å². The van der Waals surface area contributed by atoms with Gasteiger partial charge >= 0.3 is 5.97 Å². The SMILES string of the molecule is CC(NC(=O)c1ccc(NC(=O)c2noc3c2CCCC3)cc1)C(=O)O. The molecule has 2 amide bonds. The molecule has 1 heterocycles. The molecule has 26 heavy (non-hydrogen) atoms. The highest BCUT2D eigenvalue weighted by molar-refractivity contribution is 6.04. The van der Waals surface area contributed by atoms with Crippen LogP contribution in [0.3, 0.4) is 0 Å². The number of aryl methyl sites for hydroxylation is 1. The molecule has 0 bridgehead atoms. The maximum Gasteiger partial charge on any atom is 0.325 e. The zero-order chi connectivity index (χ0) is 18.7. The van der Waals surface area contributed by atoms with Gasteiger partial charge < -0.3 is 20.3 Å². The number of aromatic nitrogens is 1. The molecular weight excluding hydrogens is 338 g/mol. The van der Waals surface area contributed by atoms with Gasteiger partial charge in [0, 0.05) is 23.2 Å². The van der Waals surface area contributed by atoms with Crippen molar-refractivity contribution < 1.29 is 24.0 Å². The van der Waals surface area contributed by atoms with Gasteiger partial charge in [-0.05, 0) is 50.5 Å². The molecule has 0 spiro atoms. The largest absolute Gasteiger partial charge is 0.480 e. The number of hydrogen-bond donors (Lipinski definition) is 3. The van der Waals surface area contributed by atoms with E-state index in [0.717, 1.165) is 37.0 Å². The molecule has 1 aromatic heterocycles. The number of carbonyl (C=O) groups is 3. The molecule has 1 unspecified atom stereocenters. The summed E-state index contributed by atoms with van der Waals surface area (Å²) in [5.74, 6) is -1.18. The first-order valence-corrected chi connectivity index (χ1v) is 8.38. The van der Waals surface area contributed by atoms with Gasteiger partial charge in [-0.25, -0.2) is 0 Å². The molecule has 0 radical (unpaired) electrons. The second-order valence-electron chi connectivity index (χ2n) is 6.20. The first kappa shape index (κ1) is 17.7. The number of anilines is 1. The molecule has 8 heteroatoms. The van der Waals surface area contributed by atoms with Crippen LogP contribution in [-0.2, 0) is 17.6 Å². The third kappa shape index (κ3) is 3.74. The summed E-state index contributed by atoms with van der Waals surface area (Å²) in [5.41, 5.74) is 1.98. The van der Waals surface area contributed by atoms with E-state index in [0.29, 0.717) is 16.9 Å². The van der Waals surface area contributed by atoms with E-state index in [1.165, 1.54) is 19.1 Å². The molecule has 0 aliphatic heterocycles. The lowest BCUT2D eigenvalue weighted by atomic mass is 9.96. The average Bonchev–Trinajstić information content (AvgIpc) is 3.06. The number of carboxylic acid groups (broad SMARTS) is 1. The second kappa shape index (κ2) is 7.38. The van der Waals surface area contributed by atoms with E-state index in [1.807, 2.05) is 0 Å². The fraction of sp³-hybridized carbons (Fsp3) is 0.333. The Balaban J connectivity index is 1.66. The van der Waals surface area contributed by atoms with Crippen molar-refractivity contribution in [1.29, 1.82) is 0 Å². The predicted molar refractivity (Wildman–Crippen MR) is 92.1 cm³/mol. The molecule has 0 saturated carbocycles. The van der Waals surface area contributed by atoms with Gasteiger partial charge in [0.2, 0.25) is 0 Å². The van der Waals surface area contributed by atoms with E-state index in [2.05, 4.69) is 15.8 Å². The zero-order valence-electron chi connectivity index (χ0n) is 14.2. The number of benzene rings is 1. The Kier molecular flexibility index (Phi) is 5.01. The molecule has 3 N–H and O–H groups in total. The van der Waals surface area contributed by atoms with Gasteiger partial charge in [-0.15, -0.1) is 0 Å². The fourth-order valence-electron chi connectivity index (χ4n) is 2.80. The van der Waals surface area contributed by atoms with Crippen molar-refractivity contribution in [2.24, 2.45) is 0 Å². The average molecular weight is 357 g/mol. The minimum absolute atomic E-state index is 0.301. The van der Waals surface area contributed by atoms with Gasteiger partial charge in [-0.3, -0.25) is 14.4 Å². The fourth-order valence-corrected chi connectivity index (χ4v) is 2.80. The van der Waals surface area contributed by atoms with Crippen LogP contribution in [0.25, 0.3) is 0 Å². The number of hydrogen-bond acceptors (Lipinski definition) is 5. The highest BCUT2D eigenvalue weighted by Crippen LogP contribution is 2.24. The Labute approximate surface area is 149 Å². The minimum atomic E-state index is -1.11. The Morgan fingerprint density at radius 3 is 2.50 bits per heavy atom. The van der Waals surface area contributed by atoms with E-state index in [-0.39, 0.29) is 5.91 Å². The van der Waals surface area contributed by atoms with Crippen LogP contribution in [0.5, 0.6) is 0 Å². The van der Waals surface area contributed by atoms with E-state index in [9.17, 15) is 14.4 Å². The maximum absolute atomic E-state index is 12.4. The quantitative estimate of drug-likeness (QED) is 0.752. The van der Waals surface area contributed by atoms with Crippen LogP contribution in [0, 0.1) is 0 Å². The van der Waals surface area contributed by atoms with Crippen molar-refractivity contribution in [3.05, 3.63) is 46.8 Å². The topological polar surface area (TPSA) is 122 Å². The Hall–Kier alpha value is -3.16. The van der Waals surface area contributed by atoms with Crippen LogP contribution >= 0.6 is 0 Å². The van der Waals surface area contributed by atoms with Crippen LogP contribution in [0.4, 0.5) is 5.69 Å². The lowest BCUT2D eigenvalue weighted by molar-refractivity contribution is -0.138. The van der Waals surface area contributed by atoms with Gasteiger partial charge in [0.1, 0.15) is 11.8 Å².